The number of thioether (sulfide) groups is 1. The minimum Gasteiger partial charge on any atom is -0.378 e. The summed E-state index contributed by atoms with van der Waals surface area (Å²) in [5.41, 5.74) is 3.30. The van der Waals surface area contributed by atoms with Gasteiger partial charge >= 0.3 is 0 Å². The Kier molecular flexibility index (Phi) is 11.3. The summed E-state index contributed by atoms with van der Waals surface area (Å²) in [7, 11) is 3.36. The lowest BCUT2D eigenvalue weighted by molar-refractivity contribution is -0.121. The Bertz CT molecular complexity index is 1220. The Labute approximate surface area is 226 Å². The van der Waals surface area contributed by atoms with Crippen LogP contribution in [0, 0.1) is 0 Å². The molecule has 3 rings (SSSR count). The van der Waals surface area contributed by atoms with E-state index in [1.807, 2.05) is 36.4 Å². The number of aromatic nitrogens is 2. The van der Waals surface area contributed by atoms with E-state index in [4.69, 9.17) is 32.9 Å². The number of benzene rings is 2. The highest BCUT2D eigenvalue weighted by molar-refractivity contribution is 7.99. The molecule has 0 aliphatic carbocycles. The van der Waals surface area contributed by atoms with Crippen LogP contribution in [0.3, 0.4) is 0 Å². The van der Waals surface area contributed by atoms with Gasteiger partial charge in [-0.05, 0) is 42.5 Å². The first kappa shape index (κ1) is 28.3. The van der Waals surface area contributed by atoms with Crippen LogP contribution >= 0.6 is 35.0 Å². The van der Waals surface area contributed by atoms with Crippen LogP contribution in [-0.4, -0.2) is 34.9 Å². The first-order valence-corrected chi connectivity index (χ1v) is 13.6. The third kappa shape index (κ3) is 8.37. The molecule has 9 heteroatoms. The molecule has 0 spiro atoms. The number of carbonyl (C=O) groups excluding carboxylic acids is 1. The van der Waals surface area contributed by atoms with Crippen molar-refractivity contribution in [1.82, 2.24) is 14.9 Å². The lowest BCUT2D eigenvalue weighted by Gasteiger charge is -2.14. The molecule has 0 aliphatic rings. The Hall–Kier alpha value is -2.32. The van der Waals surface area contributed by atoms with Crippen molar-refractivity contribution in [2.24, 2.45) is 7.05 Å². The molecule has 0 unspecified atom stereocenters. The van der Waals surface area contributed by atoms with Crippen LogP contribution in [0.25, 0.3) is 0 Å². The van der Waals surface area contributed by atoms with Crippen LogP contribution in [0.15, 0.2) is 58.5 Å². The van der Waals surface area contributed by atoms with Gasteiger partial charge in [0.15, 0.2) is 5.16 Å². The first-order chi connectivity index (χ1) is 17.4. The molecule has 1 heterocycles. The largest absolute Gasteiger partial charge is 0.378 e. The summed E-state index contributed by atoms with van der Waals surface area (Å²) in [6.45, 7) is 0.811. The minimum absolute atomic E-state index is 0.0169. The van der Waals surface area contributed by atoms with Crippen LogP contribution in [0.1, 0.15) is 41.6 Å². The summed E-state index contributed by atoms with van der Waals surface area (Å²) in [4.78, 5) is 30.0. The maximum atomic E-state index is 13.1. The Morgan fingerprint density at radius 2 is 1.92 bits per heavy atom. The highest BCUT2D eigenvalue weighted by Crippen LogP contribution is 2.21. The van der Waals surface area contributed by atoms with Gasteiger partial charge in [0, 0.05) is 54.9 Å². The van der Waals surface area contributed by atoms with E-state index in [1.165, 1.54) is 11.8 Å². The van der Waals surface area contributed by atoms with Crippen molar-refractivity contribution in [3.63, 3.8) is 0 Å². The van der Waals surface area contributed by atoms with Gasteiger partial charge in [-0.15, -0.1) is 0 Å². The van der Waals surface area contributed by atoms with Gasteiger partial charge in [0.25, 0.3) is 5.56 Å². The van der Waals surface area contributed by atoms with Crippen molar-refractivity contribution in [3.05, 3.63) is 91.3 Å². The fraction of sp³-hybridized carbons (Fsp3) is 0.370. The summed E-state index contributed by atoms with van der Waals surface area (Å²) >= 11 is 13.6. The van der Waals surface area contributed by atoms with Crippen LogP contribution in [0.4, 0.5) is 0 Å². The second-order valence-electron chi connectivity index (χ2n) is 8.42. The molecule has 1 N–H and O–H groups in total. The highest BCUT2D eigenvalue weighted by Gasteiger charge is 2.16. The molecular weight excluding hydrogens is 517 g/mol. The summed E-state index contributed by atoms with van der Waals surface area (Å²) in [6, 6.07) is 15.3. The number of rotatable bonds is 13. The third-order valence-electron chi connectivity index (χ3n) is 5.69. The molecule has 0 fully saturated rings. The number of halogens is 2. The quantitative estimate of drug-likeness (QED) is 0.175. The van der Waals surface area contributed by atoms with Gasteiger partial charge in [0.05, 0.1) is 12.3 Å². The van der Waals surface area contributed by atoms with Crippen LogP contribution in [0.2, 0.25) is 10.0 Å². The zero-order chi connectivity index (χ0) is 25.9. The lowest BCUT2D eigenvalue weighted by atomic mass is 10.0. The zero-order valence-electron chi connectivity index (χ0n) is 20.6. The molecule has 192 valence electrons. The molecular formula is C27H31Cl2N3O3S. The predicted molar refractivity (Wildman–Crippen MR) is 147 cm³/mol. The van der Waals surface area contributed by atoms with E-state index < -0.39 is 0 Å². The van der Waals surface area contributed by atoms with E-state index in [1.54, 1.807) is 30.9 Å². The number of hydrogen-bond donors (Lipinski definition) is 1. The maximum Gasteiger partial charge on any atom is 0.257 e. The van der Waals surface area contributed by atoms with E-state index in [0.717, 1.165) is 29.7 Å². The monoisotopic (exact) mass is 547 g/mol. The standard InChI is InChI=1S/C27H31Cl2N3O3S/c1-32-26(34)22(16-19-8-4-3-5-9-19)24(18-35-2)31-27(32)36-15-7-6-10-25(33)30-14-13-20-11-12-21(28)17-23(20)29/h3-5,8-9,11-12,17H,6-7,10,13-16,18H2,1-2H3,(H,30,33). The fourth-order valence-corrected chi connectivity index (χ4v) is 5.22. The number of ether oxygens (including phenoxy) is 1. The van der Waals surface area contributed by atoms with Gasteiger partial charge in [-0.1, -0.05) is 71.4 Å². The topological polar surface area (TPSA) is 73.2 Å². The van der Waals surface area contributed by atoms with Gasteiger partial charge in [0.2, 0.25) is 5.91 Å². The molecule has 3 aromatic rings. The minimum atomic E-state index is -0.0522. The molecule has 0 atom stereocenters. The average Bonchev–Trinajstić information content (AvgIpc) is 2.86. The number of nitrogens with zero attached hydrogens (tertiary/aromatic N) is 2. The van der Waals surface area contributed by atoms with E-state index in [9.17, 15) is 9.59 Å². The van der Waals surface area contributed by atoms with E-state index in [2.05, 4.69) is 5.32 Å². The molecule has 1 amide bonds. The molecule has 0 aliphatic heterocycles. The molecule has 0 saturated heterocycles. The van der Waals surface area contributed by atoms with Crippen molar-refractivity contribution >= 4 is 40.9 Å². The average molecular weight is 549 g/mol. The smallest absolute Gasteiger partial charge is 0.257 e. The molecule has 36 heavy (non-hydrogen) atoms. The highest BCUT2D eigenvalue weighted by atomic mass is 35.5. The van der Waals surface area contributed by atoms with Crippen molar-refractivity contribution in [1.29, 1.82) is 0 Å². The summed E-state index contributed by atoms with van der Waals surface area (Å²) in [5, 5.41) is 4.80. The summed E-state index contributed by atoms with van der Waals surface area (Å²) in [6.07, 6.45) is 3.21. The van der Waals surface area contributed by atoms with Gasteiger partial charge < -0.3 is 10.1 Å². The maximum absolute atomic E-state index is 13.1. The van der Waals surface area contributed by atoms with Crippen molar-refractivity contribution in [2.75, 3.05) is 19.4 Å². The number of carbonyl (C=O) groups is 1. The summed E-state index contributed by atoms with van der Waals surface area (Å²) < 4.78 is 6.93. The Morgan fingerprint density at radius 3 is 2.64 bits per heavy atom. The first-order valence-electron chi connectivity index (χ1n) is 11.8. The third-order valence-corrected chi connectivity index (χ3v) is 7.40. The van der Waals surface area contributed by atoms with Crippen LogP contribution in [-0.2, 0) is 36.0 Å². The van der Waals surface area contributed by atoms with Crippen molar-refractivity contribution < 1.29 is 9.53 Å². The number of nitrogens with one attached hydrogen (secondary N) is 1. The molecule has 2 aromatic carbocycles. The number of amides is 1. The van der Waals surface area contributed by atoms with E-state index in [-0.39, 0.29) is 18.1 Å². The molecule has 6 nitrogen and oxygen atoms in total. The molecule has 0 saturated carbocycles. The molecule has 0 bridgehead atoms. The van der Waals surface area contributed by atoms with E-state index in [0.29, 0.717) is 52.3 Å². The number of methoxy groups -OCH3 is 1. The SMILES string of the molecule is COCc1nc(SCCCCC(=O)NCCc2ccc(Cl)cc2Cl)n(C)c(=O)c1Cc1ccccc1. The predicted octanol–water partition coefficient (Wildman–Crippen LogP) is 5.45. The molecule has 0 radical (unpaired) electrons. The van der Waals surface area contributed by atoms with Gasteiger partial charge in [-0.25, -0.2) is 4.98 Å². The second kappa shape index (κ2) is 14.4. The summed E-state index contributed by atoms with van der Waals surface area (Å²) in [5.74, 6) is 0.779. The van der Waals surface area contributed by atoms with Crippen molar-refractivity contribution in [3.8, 4) is 0 Å². The van der Waals surface area contributed by atoms with Crippen molar-refractivity contribution in [2.45, 2.75) is 43.9 Å². The lowest BCUT2D eigenvalue weighted by Crippen LogP contribution is -2.27. The second-order valence-corrected chi connectivity index (χ2v) is 10.3. The van der Waals surface area contributed by atoms with Gasteiger partial charge in [-0.3, -0.25) is 14.2 Å². The fourth-order valence-electron chi connectivity index (χ4n) is 3.73. The number of unbranched alkanes of at least 4 members (excludes halogenated alkanes) is 1. The van der Waals surface area contributed by atoms with Crippen LogP contribution in [0.5, 0.6) is 0 Å². The van der Waals surface area contributed by atoms with Gasteiger partial charge in [0.1, 0.15) is 0 Å². The Balaban J connectivity index is 1.46. The van der Waals surface area contributed by atoms with E-state index >= 15 is 0 Å². The van der Waals surface area contributed by atoms with Gasteiger partial charge in [-0.2, -0.15) is 0 Å². The Morgan fingerprint density at radius 1 is 1.14 bits per heavy atom. The van der Waals surface area contributed by atoms with Crippen LogP contribution < -0.4 is 10.9 Å². The molecule has 1 aromatic heterocycles. The normalized spacial score (nSPS) is 11.0. The number of hydrogen-bond acceptors (Lipinski definition) is 5. The zero-order valence-corrected chi connectivity index (χ0v) is 22.9.